The molecule has 4 rings (SSSR count). The van der Waals surface area contributed by atoms with Crippen LogP contribution in [0.15, 0.2) is 42.5 Å². The highest BCUT2D eigenvalue weighted by Crippen LogP contribution is 2.34. The smallest absolute Gasteiger partial charge is 0.387 e. The molecule has 1 aliphatic heterocycles. The number of fused-ring (bicyclic) bond motifs is 1. The molecule has 0 atom stereocenters. The number of halogens is 2. The van der Waals surface area contributed by atoms with Crippen LogP contribution in [0.4, 0.5) is 20.2 Å². The highest BCUT2D eigenvalue weighted by molar-refractivity contribution is 6.10. The van der Waals surface area contributed by atoms with Gasteiger partial charge in [0, 0.05) is 12.6 Å². The lowest BCUT2D eigenvalue weighted by molar-refractivity contribution is -0.122. The Labute approximate surface area is 184 Å². The van der Waals surface area contributed by atoms with Gasteiger partial charge in [0.1, 0.15) is 6.54 Å². The standard InChI is InChI=1S/C23H25F2N3O4/c1-2-31-20-11-15(7-10-19(20)32-23(24)25)12-27(16-8-9-16)14-22(30)28-13-21(29)26-17-5-3-4-6-18(17)28/h3-7,10-11,16,23H,2,8-9,12-14H2,1H3,(H,26,29). The monoisotopic (exact) mass is 445 g/mol. The van der Waals surface area contributed by atoms with E-state index in [-0.39, 0.29) is 42.4 Å². The number of carbonyl (C=O) groups excluding carboxylic acids is 2. The molecular weight excluding hydrogens is 420 g/mol. The average molecular weight is 445 g/mol. The normalized spacial score (nSPS) is 15.5. The summed E-state index contributed by atoms with van der Waals surface area (Å²) in [6.07, 6.45) is 1.96. The minimum atomic E-state index is -2.94. The number of nitrogens with zero attached hydrogens (tertiary/aromatic N) is 2. The lowest BCUT2D eigenvalue weighted by Crippen LogP contribution is -2.47. The van der Waals surface area contributed by atoms with Crippen LogP contribution < -0.4 is 19.7 Å². The van der Waals surface area contributed by atoms with Crippen LogP contribution in [0.25, 0.3) is 0 Å². The molecule has 2 aliphatic rings. The van der Waals surface area contributed by atoms with Crippen LogP contribution in [0.3, 0.4) is 0 Å². The number of hydrogen-bond donors (Lipinski definition) is 1. The summed E-state index contributed by atoms with van der Waals surface area (Å²) in [5, 5.41) is 2.78. The molecule has 1 saturated carbocycles. The number of alkyl halides is 2. The lowest BCUT2D eigenvalue weighted by atomic mass is 10.1. The van der Waals surface area contributed by atoms with Gasteiger partial charge in [0.05, 0.1) is 24.5 Å². The number of carbonyl (C=O) groups is 2. The van der Waals surface area contributed by atoms with Gasteiger partial charge in [-0.05, 0) is 49.6 Å². The second-order valence-corrected chi connectivity index (χ2v) is 7.77. The minimum Gasteiger partial charge on any atom is -0.490 e. The number of para-hydroxylation sites is 2. The van der Waals surface area contributed by atoms with E-state index in [1.807, 2.05) is 12.1 Å². The van der Waals surface area contributed by atoms with Crippen LogP contribution in [0, 0.1) is 0 Å². The van der Waals surface area contributed by atoms with Crippen LogP contribution in [-0.2, 0) is 16.1 Å². The first-order valence-electron chi connectivity index (χ1n) is 10.6. The average Bonchev–Trinajstić information content (AvgIpc) is 3.59. The summed E-state index contributed by atoms with van der Waals surface area (Å²) >= 11 is 0. The van der Waals surface area contributed by atoms with Crippen molar-refractivity contribution in [3.05, 3.63) is 48.0 Å². The lowest BCUT2D eigenvalue weighted by Gasteiger charge is -2.31. The molecule has 0 saturated heterocycles. The molecule has 9 heteroatoms. The van der Waals surface area contributed by atoms with E-state index in [0.29, 0.717) is 24.5 Å². The van der Waals surface area contributed by atoms with Gasteiger partial charge in [0.15, 0.2) is 11.5 Å². The fourth-order valence-corrected chi connectivity index (χ4v) is 3.82. The molecule has 0 bridgehead atoms. The minimum absolute atomic E-state index is 0.0180. The quantitative estimate of drug-likeness (QED) is 0.638. The summed E-state index contributed by atoms with van der Waals surface area (Å²) in [5.41, 5.74) is 2.12. The zero-order chi connectivity index (χ0) is 22.7. The van der Waals surface area contributed by atoms with E-state index in [2.05, 4.69) is 15.0 Å². The Morgan fingerprint density at radius 2 is 2.00 bits per heavy atom. The van der Waals surface area contributed by atoms with E-state index in [4.69, 9.17) is 4.74 Å². The second kappa shape index (κ2) is 9.52. The van der Waals surface area contributed by atoms with E-state index < -0.39 is 6.61 Å². The maximum absolute atomic E-state index is 13.2. The van der Waals surface area contributed by atoms with Crippen LogP contribution in [0.5, 0.6) is 11.5 Å². The Hall–Kier alpha value is -3.20. The number of benzene rings is 2. The summed E-state index contributed by atoms with van der Waals surface area (Å²) in [6, 6.07) is 12.3. The Kier molecular flexibility index (Phi) is 6.55. The molecule has 1 aliphatic carbocycles. The molecule has 7 nitrogen and oxygen atoms in total. The predicted molar refractivity (Wildman–Crippen MR) is 115 cm³/mol. The van der Waals surface area contributed by atoms with Crippen LogP contribution >= 0.6 is 0 Å². The van der Waals surface area contributed by atoms with E-state index >= 15 is 0 Å². The van der Waals surface area contributed by atoms with Gasteiger partial charge in [-0.2, -0.15) is 8.78 Å². The fraction of sp³-hybridized carbons (Fsp3) is 0.391. The third-order valence-corrected chi connectivity index (χ3v) is 5.38. The van der Waals surface area contributed by atoms with Crippen molar-refractivity contribution in [1.82, 2.24) is 4.90 Å². The van der Waals surface area contributed by atoms with Gasteiger partial charge in [0.2, 0.25) is 11.8 Å². The van der Waals surface area contributed by atoms with Gasteiger partial charge in [-0.15, -0.1) is 0 Å². The topological polar surface area (TPSA) is 71.1 Å². The summed E-state index contributed by atoms with van der Waals surface area (Å²) in [5.74, 6) is -0.169. The first-order valence-corrected chi connectivity index (χ1v) is 10.6. The van der Waals surface area contributed by atoms with Crippen LogP contribution in [-0.4, -0.2) is 49.1 Å². The van der Waals surface area contributed by atoms with Gasteiger partial charge in [0.25, 0.3) is 0 Å². The van der Waals surface area contributed by atoms with Gasteiger partial charge < -0.3 is 14.8 Å². The zero-order valence-corrected chi connectivity index (χ0v) is 17.7. The molecule has 0 spiro atoms. The molecule has 1 N–H and O–H groups in total. The van der Waals surface area contributed by atoms with Gasteiger partial charge in [-0.25, -0.2) is 0 Å². The zero-order valence-electron chi connectivity index (χ0n) is 17.7. The molecule has 1 heterocycles. The molecule has 1 fully saturated rings. The fourth-order valence-electron chi connectivity index (χ4n) is 3.82. The summed E-state index contributed by atoms with van der Waals surface area (Å²) in [7, 11) is 0. The van der Waals surface area contributed by atoms with Gasteiger partial charge in [-0.1, -0.05) is 18.2 Å². The van der Waals surface area contributed by atoms with Crippen molar-refractivity contribution in [3.63, 3.8) is 0 Å². The van der Waals surface area contributed by atoms with Crippen molar-refractivity contribution in [3.8, 4) is 11.5 Å². The highest BCUT2D eigenvalue weighted by Gasteiger charge is 2.33. The Balaban J connectivity index is 1.50. The predicted octanol–water partition coefficient (Wildman–Crippen LogP) is 3.64. The first kappa shape index (κ1) is 22.0. The number of hydrogen-bond acceptors (Lipinski definition) is 5. The summed E-state index contributed by atoms with van der Waals surface area (Å²) < 4.78 is 35.3. The van der Waals surface area contributed by atoms with Crippen molar-refractivity contribution in [2.75, 3.05) is 29.9 Å². The summed E-state index contributed by atoms with van der Waals surface area (Å²) in [6.45, 7) is -0.295. The molecule has 2 aromatic rings. The van der Waals surface area contributed by atoms with Crippen molar-refractivity contribution in [2.45, 2.75) is 39.0 Å². The maximum atomic E-state index is 13.2. The van der Waals surface area contributed by atoms with E-state index in [0.717, 1.165) is 18.4 Å². The number of amides is 2. The molecule has 0 unspecified atom stereocenters. The number of ether oxygens (including phenoxy) is 2. The maximum Gasteiger partial charge on any atom is 0.387 e. The van der Waals surface area contributed by atoms with Crippen molar-refractivity contribution < 1.29 is 27.8 Å². The van der Waals surface area contributed by atoms with Crippen LogP contribution in [0.1, 0.15) is 25.3 Å². The molecule has 2 aromatic carbocycles. The first-order chi connectivity index (χ1) is 15.4. The number of anilines is 2. The van der Waals surface area contributed by atoms with E-state index in [9.17, 15) is 18.4 Å². The number of rotatable bonds is 9. The second-order valence-electron chi connectivity index (χ2n) is 7.77. The molecule has 0 aromatic heterocycles. The summed E-state index contributed by atoms with van der Waals surface area (Å²) in [4.78, 5) is 28.8. The molecule has 32 heavy (non-hydrogen) atoms. The third kappa shape index (κ3) is 5.16. The van der Waals surface area contributed by atoms with Crippen LogP contribution in [0.2, 0.25) is 0 Å². The molecule has 0 radical (unpaired) electrons. The Morgan fingerprint density at radius 3 is 2.72 bits per heavy atom. The van der Waals surface area contributed by atoms with Crippen molar-refractivity contribution in [1.29, 1.82) is 0 Å². The Morgan fingerprint density at radius 1 is 1.22 bits per heavy atom. The van der Waals surface area contributed by atoms with Crippen molar-refractivity contribution in [2.24, 2.45) is 0 Å². The Bertz CT molecular complexity index is 997. The molecule has 2 amide bonds. The van der Waals surface area contributed by atoms with E-state index in [1.165, 1.54) is 11.0 Å². The highest BCUT2D eigenvalue weighted by atomic mass is 19.3. The van der Waals surface area contributed by atoms with Crippen molar-refractivity contribution >= 4 is 23.2 Å². The SMILES string of the molecule is CCOc1cc(CN(CC(=O)N2CC(=O)Nc3ccccc32)C2CC2)ccc1OC(F)F. The molecular formula is C23H25F2N3O4. The van der Waals surface area contributed by atoms with Gasteiger partial charge in [-0.3, -0.25) is 19.4 Å². The largest absolute Gasteiger partial charge is 0.490 e. The van der Waals surface area contributed by atoms with E-state index in [1.54, 1.807) is 31.2 Å². The van der Waals surface area contributed by atoms with Gasteiger partial charge >= 0.3 is 6.61 Å². The number of nitrogens with one attached hydrogen (secondary N) is 1. The third-order valence-electron chi connectivity index (χ3n) is 5.38. The molecule has 170 valence electrons.